The molecule has 0 saturated heterocycles. The Bertz CT molecular complexity index is 542. The number of benzene rings is 1. The van der Waals surface area contributed by atoms with E-state index in [1.54, 1.807) is 4.90 Å². The van der Waals surface area contributed by atoms with Gasteiger partial charge in [0, 0.05) is 19.5 Å². The number of rotatable bonds is 1. The van der Waals surface area contributed by atoms with E-state index < -0.39 is 0 Å². The first-order chi connectivity index (χ1) is 7.58. The van der Waals surface area contributed by atoms with Gasteiger partial charge in [-0.15, -0.1) is 0 Å². The summed E-state index contributed by atoms with van der Waals surface area (Å²) < 4.78 is 5.44. The van der Waals surface area contributed by atoms with Crippen molar-refractivity contribution < 1.29 is 0 Å². The molecule has 1 aromatic heterocycles. The van der Waals surface area contributed by atoms with Gasteiger partial charge in [0.05, 0.1) is 4.70 Å². The Morgan fingerprint density at radius 2 is 2.19 bits per heavy atom. The van der Waals surface area contributed by atoms with E-state index >= 15 is 0 Å². The van der Waals surface area contributed by atoms with Gasteiger partial charge in [0.15, 0.2) is 11.8 Å². The number of hydrogen-bond acceptors (Lipinski definition) is 3. The molecule has 16 heavy (non-hydrogen) atoms. The third-order valence-electron chi connectivity index (χ3n) is 2.29. The van der Waals surface area contributed by atoms with Gasteiger partial charge in [0.1, 0.15) is 0 Å². The molecule has 4 nitrogen and oxygen atoms in total. The second kappa shape index (κ2) is 4.09. The zero-order chi connectivity index (χ0) is 11.7. The van der Waals surface area contributed by atoms with E-state index in [2.05, 4.69) is 34.5 Å². The van der Waals surface area contributed by atoms with Crippen LogP contribution in [0.4, 0.5) is 5.82 Å². The maximum atomic E-state index is 5.78. The Morgan fingerprint density at radius 1 is 1.44 bits per heavy atom. The van der Waals surface area contributed by atoms with Gasteiger partial charge in [-0.2, -0.15) is 9.37 Å². The summed E-state index contributed by atoms with van der Waals surface area (Å²) in [5, 5.41) is 1.06. The molecule has 2 rings (SSSR count). The summed E-state index contributed by atoms with van der Waals surface area (Å²) in [7, 11) is 3.72. The molecule has 2 aromatic rings. The minimum absolute atomic E-state index is 0.466. The third kappa shape index (κ3) is 1.99. The van der Waals surface area contributed by atoms with E-state index in [-0.39, 0.29) is 0 Å². The van der Waals surface area contributed by atoms with Crippen molar-refractivity contribution >= 4 is 33.4 Å². The SMILES string of the molecule is Cc1ccc2snc(N=C(N)N(C)C)c2c1. The average Bonchev–Trinajstić information content (AvgIpc) is 2.61. The minimum Gasteiger partial charge on any atom is -0.369 e. The molecule has 5 heteroatoms. The van der Waals surface area contributed by atoms with Crippen molar-refractivity contribution in [2.45, 2.75) is 6.92 Å². The number of aliphatic imine (C=N–C) groups is 1. The van der Waals surface area contributed by atoms with Crippen LogP contribution >= 0.6 is 11.5 Å². The maximum absolute atomic E-state index is 5.78. The number of aryl methyl sites for hydroxylation is 1. The second-order valence-electron chi connectivity index (χ2n) is 3.87. The van der Waals surface area contributed by atoms with Crippen LogP contribution in [0.5, 0.6) is 0 Å². The first kappa shape index (κ1) is 10.9. The number of nitrogens with zero attached hydrogens (tertiary/aromatic N) is 3. The topological polar surface area (TPSA) is 54.5 Å². The Hall–Kier alpha value is -1.62. The van der Waals surface area contributed by atoms with Crippen molar-refractivity contribution in [3.8, 4) is 0 Å². The van der Waals surface area contributed by atoms with E-state index in [1.165, 1.54) is 17.1 Å². The van der Waals surface area contributed by atoms with Gasteiger partial charge in [-0.3, -0.25) is 0 Å². The monoisotopic (exact) mass is 234 g/mol. The van der Waals surface area contributed by atoms with Crippen molar-refractivity contribution in [1.29, 1.82) is 0 Å². The fourth-order valence-corrected chi connectivity index (χ4v) is 2.03. The van der Waals surface area contributed by atoms with Crippen molar-refractivity contribution in [1.82, 2.24) is 9.27 Å². The predicted octanol–water partition coefficient (Wildman–Crippen LogP) is 2.11. The lowest BCUT2D eigenvalue weighted by Crippen LogP contribution is -2.29. The maximum Gasteiger partial charge on any atom is 0.197 e. The number of hydrogen-bond donors (Lipinski definition) is 1. The van der Waals surface area contributed by atoms with Gasteiger partial charge in [0.2, 0.25) is 0 Å². The minimum atomic E-state index is 0.466. The van der Waals surface area contributed by atoms with Crippen LogP contribution in [0.3, 0.4) is 0 Å². The molecule has 0 spiro atoms. The number of aromatic nitrogens is 1. The van der Waals surface area contributed by atoms with Crippen LogP contribution < -0.4 is 5.73 Å². The van der Waals surface area contributed by atoms with Crippen LogP contribution in [0.15, 0.2) is 23.2 Å². The standard InChI is InChI=1S/C11H14N4S/c1-7-4-5-9-8(6-7)10(14-16-9)13-11(12)15(2)3/h4-6H,1-3H3,(H2,12,13,14). The third-order valence-corrected chi connectivity index (χ3v) is 3.10. The Kier molecular flexibility index (Phi) is 2.78. The lowest BCUT2D eigenvalue weighted by atomic mass is 10.2. The van der Waals surface area contributed by atoms with Crippen molar-refractivity contribution in [2.75, 3.05) is 14.1 Å². The number of nitrogens with two attached hydrogens (primary N) is 1. The summed E-state index contributed by atoms with van der Waals surface area (Å²) in [6.45, 7) is 2.06. The van der Waals surface area contributed by atoms with Gasteiger partial charge in [-0.05, 0) is 30.6 Å². The summed E-state index contributed by atoms with van der Waals surface area (Å²) in [6, 6.07) is 6.22. The van der Waals surface area contributed by atoms with Crippen molar-refractivity contribution in [3.05, 3.63) is 23.8 Å². The molecular formula is C11H14N4S. The first-order valence-corrected chi connectivity index (χ1v) is 5.73. The quantitative estimate of drug-likeness (QED) is 0.607. The van der Waals surface area contributed by atoms with Crippen LogP contribution in [0.1, 0.15) is 5.56 Å². The number of guanidine groups is 1. The summed E-state index contributed by atoms with van der Waals surface area (Å²) in [6.07, 6.45) is 0. The molecule has 0 bridgehead atoms. The van der Waals surface area contributed by atoms with Crippen molar-refractivity contribution in [2.24, 2.45) is 10.7 Å². The van der Waals surface area contributed by atoms with E-state index in [4.69, 9.17) is 5.73 Å². The lowest BCUT2D eigenvalue weighted by molar-refractivity contribution is 0.614. The molecular weight excluding hydrogens is 220 g/mol. The Morgan fingerprint density at radius 3 is 2.88 bits per heavy atom. The highest BCUT2D eigenvalue weighted by Crippen LogP contribution is 2.29. The molecule has 2 N–H and O–H groups in total. The van der Waals surface area contributed by atoms with Crippen LogP contribution in [0.2, 0.25) is 0 Å². The van der Waals surface area contributed by atoms with Crippen LogP contribution in [-0.4, -0.2) is 29.3 Å². The average molecular weight is 234 g/mol. The van der Waals surface area contributed by atoms with Gasteiger partial charge in [-0.25, -0.2) is 0 Å². The largest absolute Gasteiger partial charge is 0.369 e. The zero-order valence-corrected chi connectivity index (χ0v) is 10.4. The van der Waals surface area contributed by atoms with E-state index in [9.17, 15) is 0 Å². The van der Waals surface area contributed by atoms with Gasteiger partial charge in [0.25, 0.3) is 0 Å². The van der Waals surface area contributed by atoms with Crippen LogP contribution in [-0.2, 0) is 0 Å². The molecule has 0 radical (unpaired) electrons. The highest BCUT2D eigenvalue weighted by atomic mass is 32.1. The van der Waals surface area contributed by atoms with Gasteiger partial charge in [-0.1, -0.05) is 11.6 Å². The molecule has 0 saturated carbocycles. The molecule has 0 atom stereocenters. The van der Waals surface area contributed by atoms with E-state index in [0.29, 0.717) is 11.8 Å². The highest BCUT2D eigenvalue weighted by molar-refractivity contribution is 7.13. The van der Waals surface area contributed by atoms with E-state index in [1.807, 2.05) is 14.1 Å². The summed E-state index contributed by atoms with van der Waals surface area (Å²) in [4.78, 5) is 6.07. The zero-order valence-electron chi connectivity index (χ0n) is 9.56. The predicted molar refractivity (Wildman–Crippen MR) is 69.3 cm³/mol. The summed E-state index contributed by atoms with van der Waals surface area (Å²) in [5.74, 6) is 1.17. The second-order valence-corrected chi connectivity index (χ2v) is 4.68. The molecule has 0 aliphatic heterocycles. The molecule has 1 aromatic carbocycles. The van der Waals surface area contributed by atoms with Gasteiger partial charge < -0.3 is 10.6 Å². The lowest BCUT2D eigenvalue weighted by Gasteiger charge is -2.09. The number of fused-ring (bicyclic) bond motifs is 1. The Labute approximate surface area is 98.6 Å². The molecule has 1 heterocycles. The van der Waals surface area contributed by atoms with E-state index in [0.717, 1.165) is 10.1 Å². The normalized spacial score (nSPS) is 12.1. The molecule has 0 aliphatic rings. The molecule has 0 fully saturated rings. The fraction of sp³-hybridized carbons (Fsp3) is 0.273. The van der Waals surface area contributed by atoms with Crippen molar-refractivity contribution in [3.63, 3.8) is 0 Å². The fourth-order valence-electron chi connectivity index (χ4n) is 1.33. The smallest absolute Gasteiger partial charge is 0.197 e. The van der Waals surface area contributed by atoms with Crippen LogP contribution in [0, 0.1) is 6.92 Å². The van der Waals surface area contributed by atoms with Crippen LogP contribution in [0.25, 0.3) is 10.1 Å². The highest BCUT2D eigenvalue weighted by Gasteiger charge is 2.06. The first-order valence-electron chi connectivity index (χ1n) is 4.95. The molecule has 0 amide bonds. The Balaban J connectivity index is 2.53. The summed E-state index contributed by atoms with van der Waals surface area (Å²) in [5.41, 5.74) is 6.98. The molecule has 0 aliphatic carbocycles. The molecule has 84 valence electrons. The summed E-state index contributed by atoms with van der Waals surface area (Å²) >= 11 is 1.45. The molecule has 0 unspecified atom stereocenters. The van der Waals surface area contributed by atoms with Gasteiger partial charge >= 0.3 is 0 Å².